The molecular formula is C22H24Cl2N2O3. The molecule has 0 aliphatic carbocycles. The first-order valence-corrected chi connectivity index (χ1v) is 10.5. The molecule has 1 saturated heterocycles. The molecule has 29 heavy (non-hydrogen) atoms. The third-order valence-corrected chi connectivity index (χ3v) is 5.45. The molecule has 0 saturated carbocycles. The van der Waals surface area contributed by atoms with Gasteiger partial charge in [-0.25, -0.2) is 0 Å². The normalized spacial score (nSPS) is 14.4. The fourth-order valence-electron chi connectivity index (χ4n) is 3.29. The fourth-order valence-corrected chi connectivity index (χ4v) is 3.76. The van der Waals surface area contributed by atoms with Crippen molar-refractivity contribution in [2.24, 2.45) is 0 Å². The Morgan fingerprint density at radius 2 is 1.59 bits per heavy atom. The smallest absolute Gasteiger partial charge is 0.260 e. The molecule has 5 nitrogen and oxygen atoms in total. The van der Waals surface area contributed by atoms with E-state index in [1.807, 2.05) is 35.2 Å². The highest BCUT2D eigenvalue weighted by molar-refractivity contribution is 6.35. The lowest BCUT2D eigenvalue weighted by molar-refractivity contribution is -0.134. The molecule has 0 spiro atoms. The maximum absolute atomic E-state index is 12.5. The molecule has 3 rings (SSSR count). The Morgan fingerprint density at radius 1 is 0.897 bits per heavy atom. The average Bonchev–Trinajstić information content (AvgIpc) is 2.98. The maximum Gasteiger partial charge on any atom is 0.260 e. The van der Waals surface area contributed by atoms with Crippen LogP contribution in [0.4, 0.5) is 0 Å². The van der Waals surface area contributed by atoms with Crippen LogP contribution < -0.4 is 4.74 Å². The monoisotopic (exact) mass is 434 g/mol. The number of aryl methyl sites for hydroxylation is 1. The first kappa shape index (κ1) is 21.5. The molecule has 0 bridgehead atoms. The van der Waals surface area contributed by atoms with Crippen LogP contribution >= 0.6 is 23.2 Å². The number of halogens is 2. The summed E-state index contributed by atoms with van der Waals surface area (Å²) >= 11 is 11.9. The second-order valence-electron chi connectivity index (χ2n) is 6.96. The predicted molar refractivity (Wildman–Crippen MR) is 114 cm³/mol. The third kappa shape index (κ3) is 6.38. The number of rotatable bonds is 6. The van der Waals surface area contributed by atoms with E-state index >= 15 is 0 Å². The third-order valence-electron chi connectivity index (χ3n) is 4.92. The van der Waals surface area contributed by atoms with Gasteiger partial charge in [-0.2, -0.15) is 0 Å². The minimum Gasteiger partial charge on any atom is -0.482 e. The molecule has 0 radical (unpaired) electrons. The van der Waals surface area contributed by atoms with Crippen LogP contribution in [-0.4, -0.2) is 54.4 Å². The Hall–Kier alpha value is -2.24. The summed E-state index contributed by atoms with van der Waals surface area (Å²) in [6.45, 7) is 2.23. The van der Waals surface area contributed by atoms with Gasteiger partial charge in [-0.3, -0.25) is 9.59 Å². The molecular weight excluding hydrogens is 411 g/mol. The zero-order chi connectivity index (χ0) is 20.6. The van der Waals surface area contributed by atoms with Crippen LogP contribution in [0.25, 0.3) is 0 Å². The summed E-state index contributed by atoms with van der Waals surface area (Å²) in [6, 6.07) is 14.9. The molecule has 2 aromatic rings. The zero-order valence-corrected chi connectivity index (χ0v) is 17.7. The molecule has 7 heteroatoms. The Kier molecular flexibility index (Phi) is 7.78. The minimum absolute atomic E-state index is 0.0939. The van der Waals surface area contributed by atoms with Crippen LogP contribution in [0.2, 0.25) is 10.0 Å². The van der Waals surface area contributed by atoms with Gasteiger partial charge in [-0.05, 0) is 36.6 Å². The summed E-state index contributed by atoms with van der Waals surface area (Å²) in [6.07, 6.45) is 1.97. The largest absolute Gasteiger partial charge is 0.482 e. The van der Waals surface area contributed by atoms with E-state index in [2.05, 4.69) is 0 Å². The van der Waals surface area contributed by atoms with E-state index in [0.717, 1.165) is 18.4 Å². The lowest BCUT2D eigenvalue weighted by Crippen LogP contribution is -2.39. The summed E-state index contributed by atoms with van der Waals surface area (Å²) < 4.78 is 5.55. The van der Waals surface area contributed by atoms with Gasteiger partial charge in [0.15, 0.2) is 6.61 Å². The van der Waals surface area contributed by atoms with Crippen LogP contribution in [0, 0.1) is 0 Å². The highest BCUT2D eigenvalue weighted by Crippen LogP contribution is 2.27. The van der Waals surface area contributed by atoms with Gasteiger partial charge < -0.3 is 14.5 Å². The molecule has 1 fully saturated rings. The Bertz CT molecular complexity index is 845. The van der Waals surface area contributed by atoms with Gasteiger partial charge in [0.05, 0.1) is 5.02 Å². The van der Waals surface area contributed by atoms with Gasteiger partial charge in [-0.1, -0.05) is 53.5 Å². The van der Waals surface area contributed by atoms with Crippen LogP contribution in [0.5, 0.6) is 5.75 Å². The highest BCUT2D eigenvalue weighted by atomic mass is 35.5. The van der Waals surface area contributed by atoms with E-state index in [9.17, 15) is 9.59 Å². The quantitative estimate of drug-likeness (QED) is 0.688. The number of nitrogens with zero attached hydrogens (tertiary/aromatic N) is 2. The lowest BCUT2D eigenvalue weighted by atomic mass is 10.1. The van der Waals surface area contributed by atoms with Crippen molar-refractivity contribution in [1.82, 2.24) is 9.80 Å². The van der Waals surface area contributed by atoms with Crippen LogP contribution in [-0.2, 0) is 16.0 Å². The summed E-state index contributed by atoms with van der Waals surface area (Å²) in [5.41, 5.74) is 1.16. The molecule has 0 aromatic heterocycles. The molecule has 0 unspecified atom stereocenters. The standard InChI is InChI=1S/C22H24Cl2N2O3/c23-18-8-9-20(19(24)15-18)29-16-22(28)26-12-4-11-25(13-14-26)21(27)10-7-17-5-2-1-3-6-17/h1-3,5-6,8-9,15H,4,7,10-14,16H2. The van der Waals surface area contributed by atoms with E-state index in [4.69, 9.17) is 27.9 Å². The van der Waals surface area contributed by atoms with Crippen molar-refractivity contribution in [2.75, 3.05) is 32.8 Å². The topological polar surface area (TPSA) is 49.9 Å². The molecule has 1 aliphatic heterocycles. The number of amides is 2. The molecule has 2 aromatic carbocycles. The van der Waals surface area contributed by atoms with E-state index < -0.39 is 0 Å². The number of hydrogen-bond donors (Lipinski definition) is 0. The summed E-state index contributed by atoms with van der Waals surface area (Å²) in [5, 5.41) is 0.884. The van der Waals surface area contributed by atoms with E-state index in [1.165, 1.54) is 0 Å². The lowest BCUT2D eigenvalue weighted by Gasteiger charge is -2.22. The van der Waals surface area contributed by atoms with Crippen molar-refractivity contribution in [3.8, 4) is 5.75 Å². The number of ether oxygens (including phenoxy) is 1. The van der Waals surface area contributed by atoms with Crippen molar-refractivity contribution in [1.29, 1.82) is 0 Å². The molecule has 2 amide bonds. The SMILES string of the molecule is O=C(CCc1ccccc1)N1CCCN(C(=O)COc2ccc(Cl)cc2Cl)CC1. The second-order valence-corrected chi connectivity index (χ2v) is 7.81. The van der Waals surface area contributed by atoms with Crippen molar-refractivity contribution >= 4 is 35.0 Å². The fraction of sp³-hybridized carbons (Fsp3) is 0.364. The van der Waals surface area contributed by atoms with Gasteiger partial charge in [0, 0.05) is 37.6 Å². The van der Waals surface area contributed by atoms with Gasteiger partial charge in [-0.15, -0.1) is 0 Å². The van der Waals surface area contributed by atoms with Gasteiger partial charge >= 0.3 is 0 Å². The van der Waals surface area contributed by atoms with Crippen LogP contribution in [0.3, 0.4) is 0 Å². The molecule has 154 valence electrons. The van der Waals surface area contributed by atoms with Gasteiger partial charge in [0.2, 0.25) is 5.91 Å². The number of carbonyl (C=O) groups excluding carboxylic acids is 2. The van der Waals surface area contributed by atoms with Crippen molar-refractivity contribution < 1.29 is 14.3 Å². The number of carbonyl (C=O) groups is 2. The highest BCUT2D eigenvalue weighted by Gasteiger charge is 2.22. The van der Waals surface area contributed by atoms with E-state index in [-0.39, 0.29) is 18.4 Å². The average molecular weight is 435 g/mol. The first-order chi connectivity index (χ1) is 14.0. The van der Waals surface area contributed by atoms with E-state index in [1.54, 1.807) is 23.1 Å². The maximum atomic E-state index is 12.5. The molecule has 0 atom stereocenters. The molecule has 1 aliphatic rings. The summed E-state index contributed by atoms with van der Waals surface area (Å²) in [4.78, 5) is 28.7. The van der Waals surface area contributed by atoms with E-state index in [0.29, 0.717) is 48.4 Å². The van der Waals surface area contributed by atoms with Crippen molar-refractivity contribution in [2.45, 2.75) is 19.3 Å². The second kappa shape index (κ2) is 10.5. The Morgan fingerprint density at radius 3 is 2.28 bits per heavy atom. The van der Waals surface area contributed by atoms with Crippen molar-refractivity contribution in [3.63, 3.8) is 0 Å². The Labute approximate surface area is 181 Å². The van der Waals surface area contributed by atoms with Crippen LogP contribution in [0.15, 0.2) is 48.5 Å². The molecule has 1 heterocycles. The summed E-state index contributed by atoms with van der Waals surface area (Å²) in [7, 11) is 0. The van der Waals surface area contributed by atoms with Crippen molar-refractivity contribution in [3.05, 3.63) is 64.1 Å². The Balaban J connectivity index is 1.46. The summed E-state index contributed by atoms with van der Waals surface area (Å²) in [5.74, 6) is 0.443. The number of hydrogen-bond acceptors (Lipinski definition) is 3. The first-order valence-electron chi connectivity index (χ1n) is 9.70. The van der Waals surface area contributed by atoms with Gasteiger partial charge in [0.25, 0.3) is 5.91 Å². The minimum atomic E-state index is -0.116. The van der Waals surface area contributed by atoms with Gasteiger partial charge in [0.1, 0.15) is 5.75 Å². The number of benzene rings is 2. The zero-order valence-electron chi connectivity index (χ0n) is 16.2. The predicted octanol–water partition coefficient (Wildman–Crippen LogP) is 4.07. The molecule has 0 N–H and O–H groups in total. The van der Waals surface area contributed by atoms with Crippen LogP contribution in [0.1, 0.15) is 18.4 Å².